The summed E-state index contributed by atoms with van der Waals surface area (Å²) in [4.78, 5) is 38.4. The van der Waals surface area contributed by atoms with Crippen LogP contribution in [0.5, 0.6) is 0 Å². The van der Waals surface area contributed by atoms with Crippen LogP contribution in [0.4, 0.5) is 0 Å². The summed E-state index contributed by atoms with van der Waals surface area (Å²) in [5.41, 5.74) is 0. The first-order valence-corrected chi connectivity index (χ1v) is 34.1. The molecular weight excluding hydrogens is 949 g/mol. The molecule has 0 fully saturated rings. The van der Waals surface area contributed by atoms with E-state index in [-0.39, 0.29) is 31.1 Å². The summed E-state index contributed by atoms with van der Waals surface area (Å²) in [5, 5.41) is 0. The van der Waals surface area contributed by atoms with Crippen LogP contribution >= 0.6 is 0 Å². The molecule has 0 aliphatic heterocycles. The Morgan fingerprint density at radius 2 is 0.506 bits per heavy atom. The number of rotatable bonds is 63. The maximum absolute atomic E-state index is 12.9. The van der Waals surface area contributed by atoms with Crippen molar-refractivity contribution >= 4 is 17.9 Å². The Morgan fingerprint density at radius 3 is 0.792 bits per heavy atom. The highest BCUT2D eigenvalue weighted by Gasteiger charge is 2.19. The number of hydrogen-bond donors (Lipinski definition) is 0. The minimum Gasteiger partial charge on any atom is -0.462 e. The van der Waals surface area contributed by atoms with Crippen LogP contribution in [0.25, 0.3) is 0 Å². The highest BCUT2D eigenvalue weighted by Crippen LogP contribution is 2.18. The number of esters is 3. The van der Waals surface area contributed by atoms with Crippen molar-refractivity contribution in [3.63, 3.8) is 0 Å². The zero-order valence-electron chi connectivity index (χ0n) is 51.7. The van der Waals surface area contributed by atoms with E-state index in [1.807, 2.05) is 0 Å². The number of allylic oxidation sites excluding steroid dienone is 8. The van der Waals surface area contributed by atoms with Crippen LogP contribution in [0, 0.1) is 0 Å². The van der Waals surface area contributed by atoms with Gasteiger partial charge in [-0.25, -0.2) is 0 Å². The molecular formula is C71H130O6. The first-order chi connectivity index (χ1) is 38.0. The summed E-state index contributed by atoms with van der Waals surface area (Å²) >= 11 is 0. The van der Waals surface area contributed by atoms with Crippen molar-refractivity contribution in [3.8, 4) is 0 Å². The molecule has 0 saturated heterocycles. The molecule has 0 aromatic heterocycles. The Bertz CT molecular complexity index is 1330. The Balaban J connectivity index is 4.22. The second-order valence-corrected chi connectivity index (χ2v) is 23.1. The average molecular weight is 1080 g/mol. The van der Waals surface area contributed by atoms with Crippen LogP contribution < -0.4 is 0 Å². The van der Waals surface area contributed by atoms with Gasteiger partial charge in [0, 0.05) is 19.3 Å². The van der Waals surface area contributed by atoms with Gasteiger partial charge in [0.05, 0.1) is 0 Å². The average Bonchev–Trinajstić information content (AvgIpc) is 3.43. The van der Waals surface area contributed by atoms with Crippen molar-refractivity contribution in [3.05, 3.63) is 48.6 Å². The van der Waals surface area contributed by atoms with E-state index in [1.165, 1.54) is 244 Å². The summed E-state index contributed by atoms with van der Waals surface area (Å²) in [6, 6.07) is 0. The van der Waals surface area contributed by atoms with Crippen molar-refractivity contribution in [2.75, 3.05) is 13.2 Å². The van der Waals surface area contributed by atoms with Gasteiger partial charge >= 0.3 is 17.9 Å². The SMILES string of the molecule is CC/C=C\C/C=C\C/C=C\C/C=C\CCCCCCCCCCCCCCCCC(=O)OCC(COC(=O)CCCCCCCCCCCCCCC)OC(=O)CCCCCCCCCCCCCCCCCCCCC. The molecule has 0 heterocycles. The molecule has 6 heteroatoms. The van der Waals surface area contributed by atoms with Gasteiger partial charge in [0.15, 0.2) is 6.10 Å². The second kappa shape index (κ2) is 65.9. The van der Waals surface area contributed by atoms with E-state index in [0.29, 0.717) is 19.3 Å². The summed E-state index contributed by atoms with van der Waals surface area (Å²) < 4.78 is 17.0. The van der Waals surface area contributed by atoms with Crippen LogP contribution in [0.15, 0.2) is 48.6 Å². The molecule has 450 valence electrons. The zero-order chi connectivity index (χ0) is 55.7. The minimum atomic E-state index is -0.769. The Labute approximate surface area is 479 Å². The van der Waals surface area contributed by atoms with Crippen molar-refractivity contribution in [2.45, 2.75) is 374 Å². The van der Waals surface area contributed by atoms with E-state index >= 15 is 0 Å². The Morgan fingerprint density at radius 1 is 0.273 bits per heavy atom. The van der Waals surface area contributed by atoms with Crippen molar-refractivity contribution in [1.82, 2.24) is 0 Å². The molecule has 0 saturated carbocycles. The Hall–Kier alpha value is -2.63. The lowest BCUT2D eigenvalue weighted by molar-refractivity contribution is -0.167. The number of carbonyl (C=O) groups excluding carboxylic acids is 3. The third-order valence-corrected chi connectivity index (χ3v) is 15.3. The smallest absolute Gasteiger partial charge is 0.306 e. The molecule has 0 bridgehead atoms. The normalized spacial score (nSPS) is 12.3. The van der Waals surface area contributed by atoms with Gasteiger partial charge in [-0.15, -0.1) is 0 Å². The van der Waals surface area contributed by atoms with Crippen molar-refractivity contribution < 1.29 is 28.6 Å². The van der Waals surface area contributed by atoms with E-state index in [0.717, 1.165) is 83.5 Å². The maximum atomic E-state index is 12.9. The summed E-state index contributed by atoms with van der Waals surface area (Å²) in [6.07, 6.45) is 82.7. The molecule has 0 aliphatic carbocycles. The Kier molecular flexibility index (Phi) is 63.6. The summed E-state index contributed by atoms with van der Waals surface area (Å²) in [7, 11) is 0. The monoisotopic (exact) mass is 1080 g/mol. The molecule has 6 nitrogen and oxygen atoms in total. The van der Waals surface area contributed by atoms with Gasteiger partial charge in [0.1, 0.15) is 13.2 Å². The minimum absolute atomic E-state index is 0.0662. The van der Waals surface area contributed by atoms with E-state index in [4.69, 9.17) is 14.2 Å². The molecule has 0 rings (SSSR count). The number of unbranched alkanes of at least 4 members (excludes halogenated alkanes) is 44. The van der Waals surface area contributed by atoms with Crippen LogP contribution in [0.2, 0.25) is 0 Å². The topological polar surface area (TPSA) is 78.9 Å². The second-order valence-electron chi connectivity index (χ2n) is 23.1. The van der Waals surface area contributed by atoms with Crippen molar-refractivity contribution in [1.29, 1.82) is 0 Å². The predicted octanol–water partition coefficient (Wildman–Crippen LogP) is 23.3. The first-order valence-electron chi connectivity index (χ1n) is 34.1. The van der Waals surface area contributed by atoms with Gasteiger partial charge < -0.3 is 14.2 Å². The predicted molar refractivity (Wildman–Crippen MR) is 335 cm³/mol. The highest BCUT2D eigenvalue weighted by molar-refractivity contribution is 5.71. The van der Waals surface area contributed by atoms with Gasteiger partial charge in [-0.2, -0.15) is 0 Å². The fraction of sp³-hybridized carbons (Fsp3) is 0.845. The number of hydrogen-bond acceptors (Lipinski definition) is 6. The van der Waals surface area contributed by atoms with Crippen LogP contribution in [0.1, 0.15) is 367 Å². The molecule has 1 atom stereocenters. The van der Waals surface area contributed by atoms with Gasteiger partial charge in [-0.05, 0) is 57.8 Å². The summed E-state index contributed by atoms with van der Waals surface area (Å²) in [5.74, 6) is -0.839. The fourth-order valence-electron chi connectivity index (χ4n) is 10.3. The fourth-order valence-corrected chi connectivity index (χ4v) is 10.3. The number of carbonyl (C=O) groups is 3. The van der Waals surface area contributed by atoms with E-state index in [2.05, 4.69) is 69.4 Å². The largest absolute Gasteiger partial charge is 0.462 e. The maximum Gasteiger partial charge on any atom is 0.306 e. The molecule has 0 radical (unpaired) electrons. The standard InChI is InChI=1S/C71H130O6/c1-4-7-10-13-16-19-22-25-27-29-31-32-33-34-35-36-37-38-40-41-43-46-49-52-55-58-61-64-70(73)76-67-68(66-75-69(72)63-60-57-54-51-48-45-24-21-18-15-12-9-6-3)77-71(74)65-62-59-56-53-50-47-44-42-39-30-28-26-23-20-17-14-11-8-5-2/h7,10,16,19,25,27,31-32,68H,4-6,8-9,11-15,17-18,20-24,26,28-30,33-67H2,1-3H3/b10-7-,19-16-,27-25-,32-31-. The van der Waals surface area contributed by atoms with Crippen LogP contribution in [-0.4, -0.2) is 37.2 Å². The van der Waals surface area contributed by atoms with E-state index < -0.39 is 6.10 Å². The zero-order valence-corrected chi connectivity index (χ0v) is 51.7. The van der Waals surface area contributed by atoms with E-state index in [9.17, 15) is 14.4 Å². The van der Waals surface area contributed by atoms with Gasteiger partial charge in [0.25, 0.3) is 0 Å². The first kappa shape index (κ1) is 74.4. The van der Waals surface area contributed by atoms with Crippen LogP contribution in [0.3, 0.4) is 0 Å². The van der Waals surface area contributed by atoms with Gasteiger partial charge in [-0.1, -0.05) is 339 Å². The van der Waals surface area contributed by atoms with Crippen LogP contribution in [-0.2, 0) is 28.6 Å². The van der Waals surface area contributed by atoms with Crippen molar-refractivity contribution in [2.24, 2.45) is 0 Å². The molecule has 0 N–H and O–H groups in total. The van der Waals surface area contributed by atoms with E-state index in [1.54, 1.807) is 0 Å². The molecule has 77 heavy (non-hydrogen) atoms. The highest BCUT2D eigenvalue weighted by atomic mass is 16.6. The lowest BCUT2D eigenvalue weighted by atomic mass is 10.0. The lowest BCUT2D eigenvalue weighted by Crippen LogP contribution is -2.30. The third-order valence-electron chi connectivity index (χ3n) is 15.3. The summed E-state index contributed by atoms with van der Waals surface area (Å²) in [6.45, 7) is 6.60. The number of ether oxygens (including phenoxy) is 3. The lowest BCUT2D eigenvalue weighted by Gasteiger charge is -2.18. The third kappa shape index (κ3) is 64.1. The molecule has 1 unspecified atom stereocenters. The molecule has 0 spiro atoms. The quantitative estimate of drug-likeness (QED) is 0.0261. The van der Waals surface area contributed by atoms with Gasteiger partial charge in [0.2, 0.25) is 0 Å². The molecule has 0 aromatic rings. The molecule has 0 aliphatic rings. The van der Waals surface area contributed by atoms with Gasteiger partial charge in [-0.3, -0.25) is 14.4 Å². The molecule has 0 amide bonds. The molecule has 0 aromatic carbocycles.